The Morgan fingerprint density at radius 1 is 1.45 bits per heavy atom. The summed E-state index contributed by atoms with van der Waals surface area (Å²) in [6, 6.07) is 5.58. The molecule has 1 atom stereocenters. The van der Waals surface area contributed by atoms with Crippen molar-refractivity contribution < 1.29 is 4.79 Å². The average molecular weight is 315 g/mol. The quantitative estimate of drug-likeness (QED) is 0.924. The highest BCUT2D eigenvalue weighted by molar-refractivity contribution is 6.35. The van der Waals surface area contributed by atoms with Crippen LogP contribution in [0.4, 0.5) is 0 Å². The molecule has 3 nitrogen and oxygen atoms in total. The summed E-state index contributed by atoms with van der Waals surface area (Å²) in [6.07, 6.45) is 2.02. The maximum absolute atomic E-state index is 11.9. The van der Waals surface area contributed by atoms with Crippen LogP contribution in [-0.4, -0.2) is 30.4 Å². The van der Waals surface area contributed by atoms with Gasteiger partial charge in [0.05, 0.1) is 5.92 Å². The molecular formula is C15H20Cl2N2O. The molecule has 0 unspecified atom stereocenters. The zero-order valence-corrected chi connectivity index (χ0v) is 13.2. The number of piperidine rings is 1. The van der Waals surface area contributed by atoms with Crippen molar-refractivity contribution in [1.29, 1.82) is 0 Å². The van der Waals surface area contributed by atoms with Gasteiger partial charge in [0.25, 0.3) is 0 Å². The number of benzene rings is 1. The van der Waals surface area contributed by atoms with E-state index in [9.17, 15) is 4.79 Å². The van der Waals surface area contributed by atoms with Crippen LogP contribution < -0.4 is 5.32 Å². The first-order valence-electron chi connectivity index (χ1n) is 7.04. The van der Waals surface area contributed by atoms with Crippen LogP contribution >= 0.6 is 23.2 Å². The van der Waals surface area contributed by atoms with Crippen molar-refractivity contribution in [2.45, 2.75) is 26.3 Å². The minimum Gasteiger partial charge on any atom is -0.356 e. The maximum atomic E-state index is 11.9. The molecule has 1 saturated heterocycles. The van der Waals surface area contributed by atoms with Gasteiger partial charge in [0.1, 0.15) is 0 Å². The molecule has 1 aliphatic rings. The molecule has 0 aromatic heterocycles. The number of halogens is 2. The summed E-state index contributed by atoms with van der Waals surface area (Å²) >= 11 is 12.1. The molecule has 1 aromatic rings. The Labute approximate surface area is 130 Å². The van der Waals surface area contributed by atoms with E-state index in [0.29, 0.717) is 16.6 Å². The van der Waals surface area contributed by atoms with Gasteiger partial charge < -0.3 is 5.32 Å². The molecule has 20 heavy (non-hydrogen) atoms. The van der Waals surface area contributed by atoms with Crippen LogP contribution in [0.25, 0.3) is 0 Å². The van der Waals surface area contributed by atoms with Gasteiger partial charge in [-0.25, -0.2) is 0 Å². The van der Waals surface area contributed by atoms with Crippen molar-refractivity contribution in [3.63, 3.8) is 0 Å². The monoisotopic (exact) mass is 314 g/mol. The van der Waals surface area contributed by atoms with Gasteiger partial charge in [-0.15, -0.1) is 0 Å². The second kappa shape index (κ2) is 7.30. The molecule has 0 spiro atoms. The van der Waals surface area contributed by atoms with Crippen LogP contribution in [0.3, 0.4) is 0 Å². The van der Waals surface area contributed by atoms with E-state index in [1.807, 2.05) is 19.1 Å². The number of likely N-dealkylation sites (tertiary alicyclic amines) is 1. The number of amides is 1. The zero-order chi connectivity index (χ0) is 14.5. The molecule has 1 heterocycles. The highest BCUT2D eigenvalue weighted by Crippen LogP contribution is 2.24. The molecule has 2 rings (SSSR count). The first-order valence-corrected chi connectivity index (χ1v) is 7.79. The first kappa shape index (κ1) is 15.6. The molecule has 0 radical (unpaired) electrons. The Hall–Kier alpha value is -0.770. The Bertz CT molecular complexity index is 479. The van der Waals surface area contributed by atoms with E-state index < -0.39 is 0 Å². The number of nitrogens with one attached hydrogen (secondary N) is 1. The van der Waals surface area contributed by atoms with Crippen LogP contribution in [0.1, 0.15) is 25.3 Å². The van der Waals surface area contributed by atoms with Crippen molar-refractivity contribution in [3.05, 3.63) is 33.8 Å². The van der Waals surface area contributed by atoms with Gasteiger partial charge in [-0.2, -0.15) is 0 Å². The Morgan fingerprint density at radius 2 is 2.25 bits per heavy atom. The molecule has 1 aliphatic heterocycles. The number of rotatable bonds is 4. The topological polar surface area (TPSA) is 32.3 Å². The van der Waals surface area contributed by atoms with Crippen molar-refractivity contribution in [1.82, 2.24) is 10.2 Å². The number of hydrogen-bond acceptors (Lipinski definition) is 2. The number of carbonyl (C=O) groups excluding carboxylic acids is 1. The van der Waals surface area contributed by atoms with Crippen molar-refractivity contribution >= 4 is 29.1 Å². The van der Waals surface area contributed by atoms with Gasteiger partial charge in [0.2, 0.25) is 5.91 Å². The second-order valence-corrected chi connectivity index (χ2v) is 6.05. The third-order valence-electron chi connectivity index (χ3n) is 3.64. The van der Waals surface area contributed by atoms with E-state index in [2.05, 4.69) is 10.2 Å². The number of carbonyl (C=O) groups is 1. The van der Waals surface area contributed by atoms with Crippen LogP contribution in [0.15, 0.2) is 18.2 Å². The fraction of sp³-hybridized carbons (Fsp3) is 0.533. The smallest absolute Gasteiger partial charge is 0.224 e. The van der Waals surface area contributed by atoms with Crippen molar-refractivity contribution in [2.24, 2.45) is 5.92 Å². The van der Waals surface area contributed by atoms with Gasteiger partial charge in [-0.1, -0.05) is 29.3 Å². The lowest BCUT2D eigenvalue weighted by atomic mass is 9.96. The fourth-order valence-electron chi connectivity index (χ4n) is 2.62. The third kappa shape index (κ3) is 4.11. The Balaban J connectivity index is 1.97. The summed E-state index contributed by atoms with van der Waals surface area (Å²) in [7, 11) is 0. The van der Waals surface area contributed by atoms with E-state index in [0.717, 1.165) is 38.0 Å². The first-order chi connectivity index (χ1) is 9.60. The van der Waals surface area contributed by atoms with E-state index >= 15 is 0 Å². The highest BCUT2D eigenvalue weighted by atomic mass is 35.5. The number of hydrogen-bond donors (Lipinski definition) is 1. The molecule has 110 valence electrons. The second-order valence-electron chi connectivity index (χ2n) is 5.20. The Morgan fingerprint density at radius 3 is 2.95 bits per heavy atom. The minimum absolute atomic E-state index is 0.0924. The van der Waals surface area contributed by atoms with Crippen molar-refractivity contribution in [3.8, 4) is 0 Å². The molecule has 0 bridgehead atoms. The number of nitrogens with zero attached hydrogens (tertiary/aromatic N) is 1. The molecule has 0 saturated carbocycles. The van der Waals surface area contributed by atoms with E-state index in [1.165, 1.54) is 0 Å². The average Bonchev–Trinajstić information content (AvgIpc) is 2.43. The summed E-state index contributed by atoms with van der Waals surface area (Å²) in [6.45, 7) is 5.22. The maximum Gasteiger partial charge on any atom is 0.224 e. The molecule has 1 aromatic carbocycles. The lowest BCUT2D eigenvalue weighted by molar-refractivity contribution is -0.126. The summed E-state index contributed by atoms with van der Waals surface area (Å²) in [5, 5.41) is 4.25. The van der Waals surface area contributed by atoms with E-state index in [1.54, 1.807) is 6.07 Å². The van der Waals surface area contributed by atoms with E-state index in [-0.39, 0.29) is 11.8 Å². The van der Waals surface area contributed by atoms with Gasteiger partial charge in [0, 0.05) is 29.7 Å². The van der Waals surface area contributed by atoms with Crippen molar-refractivity contribution in [2.75, 3.05) is 19.6 Å². The standard InChI is InChI=1S/C15H20Cl2N2O/c1-2-18-15(20)12-4-3-7-19(10-12)9-11-5-6-13(16)8-14(11)17/h5-6,8,12H,2-4,7,9-10H2,1H3,(H,18,20)/t12-/m0/s1. The van der Waals surface area contributed by atoms with Gasteiger partial charge >= 0.3 is 0 Å². The molecule has 1 fully saturated rings. The zero-order valence-electron chi connectivity index (χ0n) is 11.7. The molecule has 5 heteroatoms. The van der Waals surface area contributed by atoms with Crippen LogP contribution in [0, 0.1) is 5.92 Å². The lowest BCUT2D eigenvalue weighted by Gasteiger charge is -2.32. The third-order valence-corrected chi connectivity index (χ3v) is 4.22. The lowest BCUT2D eigenvalue weighted by Crippen LogP contribution is -2.42. The minimum atomic E-state index is 0.0924. The molecule has 1 amide bonds. The fourth-order valence-corrected chi connectivity index (χ4v) is 3.09. The van der Waals surface area contributed by atoms with Crippen LogP contribution in [0.5, 0.6) is 0 Å². The van der Waals surface area contributed by atoms with Gasteiger partial charge in [-0.3, -0.25) is 9.69 Å². The van der Waals surface area contributed by atoms with Gasteiger partial charge in [-0.05, 0) is 44.0 Å². The van der Waals surface area contributed by atoms with Gasteiger partial charge in [0.15, 0.2) is 0 Å². The summed E-state index contributed by atoms with van der Waals surface area (Å²) in [4.78, 5) is 14.2. The van der Waals surface area contributed by atoms with E-state index in [4.69, 9.17) is 23.2 Å². The Kier molecular flexibility index (Phi) is 5.70. The SMILES string of the molecule is CCNC(=O)[C@H]1CCCN(Cc2ccc(Cl)cc2Cl)C1. The molecular weight excluding hydrogens is 295 g/mol. The summed E-state index contributed by atoms with van der Waals surface area (Å²) in [5.74, 6) is 0.258. The summed E-state index contributed by atoms with van der Waals surface area (Å²) in [5.41, 5.74) is 1.06. The molecule has 1 N–H and O–H groups in total. The largest absolute Gasteiger partial charge is 0.356 e. The van der Waals surface area contributed by atoms with Crippen LogP contribution in [-0.2, 0) is 11.3 Å². The summed E-state index contributed by atoms with van der Waals surface area (Å²) < 4.78 is 0. The normalized spacial score (nSPS) is 19.9. The highest BCUT2D eigenvalue weighted by Gasteiger charge is 2.25. The van der Waals surface area contributed by atoms with Crippen LogP contribution in [0.2, 0.25) is 10.0 Å². The predicted molar refractivity (Wildman–Crippen MR) is 83.1 cm³/mol. The molecule has 0 aliphatic carbocycles. The predicted octanol–water partition coefficient (Wildman–Crippen LogP) is 3.34.